The van der Waals surface area contributed by atoms with Gasteiger partial charge in [0.25, 0.3) is 0 Å². The van der Waals surface area contributed by atoms with Crippen LogP contribution >= 0.6 is 0 Å². The van der Waals surface area contributed by atoms with Crippen molar-refractivity contribution in [3.63, 3.8) is 0 Å². The summed E-state index contributed by atoms with van der Waals surface area (Å²) in [5.74, 6) is 1.39. The molecule has 1 aliphatic heterocycles. The first-order chi connectivity index (χ1) is 9.38. The Labute approximate surface area is 114 Å². The molecule has 0 aromatic heterocycles. The molecule has 2 aromatic carbocycles. The van der Waals surface area contributed by atoms with E-state index in [9.17, 15) is 0 Å². The standard InChI is InChI=1S/C17H19NO/c1-19-15-7-8-16-14(11-15)9-10-18-12-17(16)13-5-3-2-4-6-13/h2-8,11,17-18H,9-10,12H2,1H3. The Morgan fingerprint density at radius 1 is 1.11 bits per heavy atom. The molecule has 2 aromatic rings. The zero-order chi connectivity index (χ0) is 13.1. The quantitative estimate of drug-likeness (QED) is 0.888. The van der Waals surface area contributed by atoms with Crippen molar-refractivity contribution >= 4 is 0 Å². The van der Waals surface area contributed by atoms with Crippen molar-refractivity contribution < 1.29 is 4.74 Å². The van der Waals surface area contributed by atoms with Crippen molar-refractivity contribution in [2.24, 2.45) is 0 Å². The number of benzene rings is 2. The largest absolute Gasteiger partial charge is 0.497 e. The van der Waals surface area contributed by atoms with E-state index in [0.29, 0.717) is 5.92 Å². The van der Waals surface area contributed by atoms with E-state index in [-0.39, 0.29) is 0 Å². The molecule has 0 bridgehead atoms. The van der Waals surface area contributed by atoms with E-state index >= 15 is 0 Å². The first kappa shape index (κ1) is 12.2. The van der Waals surface area contributed by atoms with E-state index in [4.69, 9.17) is 4.74 Å². The van der Waals surface area contributed by atoms with Crippen LogP contribution < -0.4 is 10.1 Å². The molecule has 1 N–H and O–H groups in total. The third-order valence-electron chi connectivity index (χ3n) is 3.85. The molecular weight excluding hydrogens is 234 g/mol. The lowest BCUT2D eigenvalue weighted by atomic mass is 9.88. The van der Waals surface area contributed by atoms with Crippen molar-refractivity contribution in [1.29, 1.82) is 0 Å². The van der Waals surface area contributed by atoms with Crippen LogP contribution in [0.3, 0.4) is 0 Å². The van der Waals surface area contributed by atoms with Crippen molar-refractivity contribution in [3.05, 3.63) is 65.2 Å². The summed E-state index contributed by atoms with van der Waals surface area (Å²) in [7, 11) is 1.73. The van der Waals surface area contributed by atoms with Crippen LogP contribution in [0.2, 0.25) is 0 Å². The molecule has 1 heterocycles. The minimum absolute atomic E-state index is 0.435. The minimum atomic E-state index is 0.435. The van der Waals surface area contributed by atoms with Crippen LogP contribution in [0.5, 0.6) is 5.75 Å². The molecule has 1 unspecified atom stereocenters. The molecule has 0 spiro atoms. The van der Waals surface area contributed by atoms with E-state index in [1.807, 2.05) is 0 Å². The Balaban J connectivity index is 2.04. The Morgan fingerprint density at radius 2 is 1.95 bits per heavy atom. The Bertz CT molecular complexity index is 550. The molecule has 1 aliphatic rings. The van der Waals surface area contributed by atoms with Gasteiger partial charge in [-0.2, -0.15) is 0 Å². The molecule has 2 heteroatoms. The lowest BCUT2D eigenvalue weighted by molar-refractivity contribution is 0.414. The van der Waals surface area contributed by atoms with E-state index < -0.39 is 0 Å². The van der Waals surface area contributed by atoms with Gasteiger partial charge in [-0.25, -0.2) is 0 Å². The molecular formula is C17H19NO. The van der Waals surface area contributed by atoms with E-state index in [1.54, 1.807) is 7.11 Å². The zero-order valence-electron chi connectivity index (χ0n) is 11.2. The minimum Gasteiger partial charge on any atom is -0.497 e. The average molecular weight is 253 g/mol. The SMILES string of the molecule is COc1ccc2c(c1)CCNCC2c1ccccc1. The number of rotatable bonds is 2. The highest BCUT2D eigenvalue weighted by molar-refractivity contribution is 5.43. The maximum absolute atomic E-state index is 5.34. The van der Waals surface area contributed by atoms with Crippen LogP contribution in [0.25, 0.3) is 0 Å². The second kappa shape index (κ2) is 5.45. The predicted octanol–water partition coefficient (Wildman–Crippen LogP) is 2.97. The summed E-state index contributed by atoms with van der Waals surface area (Å²) < 4.78 is 5.34. The topological polar surface area (TPSA) is 21.3 Å². The van der Waals surface area contributed by atoms with Crippen LogP contribution in [0.4, 0.5) is 0 Å². The van der Waals surface area contributed by atoms with Gasteiger partial charge in [0.2, 0.25) is 0 Å². The van der Waals surface area contributed by atoms with Gasteiger partial charge in [-0.15, -0.1) is 0 Å². The highest BCUT2D eigenvalue weighted by Crippen LogP contribution is 2.31. The van der Waals surface area contributed by atoms with Crippen LogP contribution in [-0.4, -0.2) is 20.2 Å². The lowest BCUT2D eigenvalue weighted by Gasteiger charge is -2.18. The second-order valence-corrected chi connectivity index (χ2v) is 4.98. The van der Waals surface area contributed by atoms with E-state index in [1.165, 1.54) is 16.7 Å². The molecule has 0 fully saturated rings. The Kier molecular flexibility index (Phi) is 3.51. The van der Waals surface area contributed by atoms with Gasteiger partial charge in [-0.3, -0.25) is 0 Å². The van der Waals surface area contributed by atoms with Gasteiger partial charge in [0, 0.05) is 12.5 Å². The highest BCUT2D eigenvalue weighted by Gasteiger charge is 2.20. The first-order valence-corrected chi connectivity index (χ1v) is 6.81. The van der Waals surface area contributed by atoms with Crippen LogP contribution in [0.1, 0.15) is 22.6 Å². The highest BCUT2D eigenvalue weighted by atomic mass is 16.5. The van der Waals surface area contributed by atoms with Gasteiger partial charge >= 0.3 is 0 Å². The summed E-state index contributed by atoms with van der Waals surface area (Å²) in [5, 5.41) is 3.54. The van der Waals surface area contributed by atoms with Gasteiger partial charge in [0.05, 0.1) is 7.11 Å². The van der Waals surface area contributed by atoms with Gasteiger partial charge in [-0.1, -0.05) is 36.4 Å². The maximum Gasteiger partial charge on any atom is 0.119 e. The molecule has 0 saturated heterocycles. The normalized spacial score (nSPS) is 18.5. The number of hydrogen-bond donors (Lipinski definition) is 1. The summed E-state index contributed by atoms with van der Waals surface area (Å²) in [6.07, 6.45) is 1.07. The maximum atomic E-state index is 5.34. The second-order valence-electron chi connectivity index (χ2n) is 4.98. The molecule has 0 radical (unpaired) electrons. The summed E-state index contributed by atoms with van der Waals surface area (Å²) >= 11 is 0. The summed E-state index contributed by atoms with van der Waals surface area (Å²) in [4.78, 5) is 0. The van der Waals surface area contributed by atoms with Gasteiger partial charge in [0.15, 0.2) is 0 Å². The van der Waals surface area contributed by atoms with Crippen LogP contribution in [0, 0.1) is 0 Å². The van der Waals surface area contributed by atoms with E-state index in [0.717, 1.165) is 25.3 Å². The van der Waals surface area contributed by atoms with Crippen LogP contribution in [-0.2, 0) is 6.42 Å². The molecule has 0 amide bonds. The van der Waals surface area contributed by atoms with Gasteiger partial charge < -0.3 is 10.1 Å². The fourth-order valence-electron chi connectivity index (χ4n) is 2.83. The van der Waals surface area contributed by atoms with Gasteiger partial charge in [-0.05, 0) is 41.8 Å². The monoisotopic (exact) mass is 253 g/mol. The number of hydrogen-bond acceptors (Lipinski definition) is 2. The summed E-state index contributed by atoms with van der Waals surface area (Å²) in [6.45, 7) is 2.03. The third-order valence-corrected chi connectivity index (χ3v) is 3.85. The summed E-state index contributed by atoms with van der Waals surface area (Å²) in [5.41, 5.74) is 4.21. The molecule has 0 saturated carbocycles. The summed E-state index contributed by atoms with van der Waals surface area (Å²) in [6, 6.07) is 17.2. The molecule has 98 valence electrons. The molecule has 0 aliphatic carbocycles. The molecule has 2 nitrogen and oxygen atoms in total. The number of ether oxygens (including phenoxy) is 1. The number of methoxy groups -OCH3 is 1. The van der Waals surface area contributed by atoms with Gasteiger partial charge in [0.1, 0.15) is 5.75 Å². The number of nitrogens with one attached hydrogen (secondary N) is 1. The Hall–Kier alpha value is -1.80. The zero-order valence-corrected chi connectivity index (χ0v) is 11.2. The lowest BCUT2D eigenvalue weighted by Crippen LogP contribution is -2.20. The molecule has 3 rings (SSSR count). The average Bonchev–Trinajstić information content (AvgIpc) is 2.69. The fraction of sp³-hybridized carbons (Fsp3) is 0.294. The van der Waals surface area contributed by atoms with Crippen LogP contribution in [0.15, 0.2) is 48.5 Å². The van der Waals surface area contributed by atoms with Crippen molar-refractivity contribution in [2.45, 2.75) is 12.3 Å². The fourth-order valence-corrected chi connectivity index (χ4v) is 2.83. The first-order valence-electron chi connectivity index (χ1n) is 6.81. The third kappa shape index (κ3) is 2.49. The predicted molar refractivity (Wildman–Crippen MR) is 77.9 cm³/mol. The van der Waals surface area contributed by atoms with E-state index in [2.05, 4.69) is 53.8 Å². The Morgan fingerprint density at radius 3 is 2.74 bits per heavy atom. The smallest absolute Gasteiger partial charge is 0.119 e. The van der Waals surface area contributed by atoms with Crippen molar-refractivity contribution in [3.8, 4) is 5.75 Å². The molecule has 19 heavy (non-hydrogen) atoms. The van der Waals surface area contributed by atoms with Crippen molar-refractivity contribution in [1.82, 2.24) is 5.32 Å². The van der Waals surface area contributed by atoms with Crippen molar-refractivity contribution in [2.75, 3.05) is 20.2 Å². The number of fused-ring (bicyclic) bond motifs is 1. The molecule has 1 atom stereocenters.